The Morgan fingerprint density at radius 1 is 1.08 bits per heavy atom. The molecule has 0 bridgehead atoms. The molecular weight excluding hydrogens is 371 g/mol. The number of fused-ring (bicyclic) bond motifs is 1. The SMILES string of the molecule is CN(C[C@@H]1COc2ccccc2O1)S(=O)(=O)c1ccc(C(F)(F)F)cc1. The monoisotopic (exact) mass is 387 g/mol. The molecule has 1 aliphatic rings. The molecule has 3 rings (SSSR count). The Balaban J connectivity index is 1.72. The quantitative estimate of drug-likeness (QED) is 0.809. The number of benzene rings is 2. The molecule has 1 aliphatic heterocycles. The van der Waals surface area contributed by atoms with Gasteiger partial charge in [-0.3, -0.25) is 0 Å². The van der Waals surface area contributed by atoms with Crippen LogP contribution in [0.5, 0.6) is 11.5 Å². The third-order valence-electron chi connectivity index (χ3n) is 3.92. The van der Waals surface area contributed by atoms with Gasteiger partial charge in [0.1, 0.15) is 12.7 Å². The van der Waals surface area contributed by atoms with Crippen LogP contribution in [-0.2, 0) is 16.2 Å². The van der Waals surface area contributed by atoms with Crippen molar-refractivity contribution in [3.05, 3.63) is 54.1 Å². The maximum atomic E-state index is 12.6. The zero-order chi connectivity index (χ0) is 18.9. The summed E-state index contributed by atoms with van der Waals surface area (Å²) < 4.78 is 75.3. The van der Waals surface area contributed by atoms with E-state index in [0.717, 1.165) is 28.6 Å². The van der Waals surface area contributed by atoms with Crippen molar-refractivity contribution >= 4 is 10.0 Å². The van der Waals surface area contributed by atoms with Gasteiger partial charge in [-0.25, -0.2) is 8.42 Å². The Hall–Kier alpha value is -2.26. The topological polar surface area (TPSA) is 55.8 Å². The Labute approximate surface area is 149 Å². The summed E-state index contributed by atoms with van der Waals surface area (Å²) in [7, 11) is -2.60. The lowest BCUT2D eigenvalue weighted by atomic mass is 10.2. The predicted molar refractivity (Wildman–Crippen MR) is 87.6 cm³/mol. The zero-order valence-corrected chi connectivity index (χ0v) is 14.5. The Morgan fingerprint density at radius 2 is 1.69 bits per heavy atom. The van der Waals surface area contributed by atoms with E-state index in [1.165, 1.54) is 7.05 Å². The number of nitrogens with zero attached hydrogens (tertiary/aromatic N) is 1. The lowest BCUT2D eigenvalue weighted by Crippen LogP contribution is -2.41. The van der Waals surface area contributed by atoms with Crippen LogP contribution in [0.3, 0.4) is 0 Å². The van der Waals surface area contributed by atoms with E-state index in [1.807, 2.05) is 0 Å². The van der Waals surface area contributed by atoms with E-state index < -0.39 is 27.9 Å². The Morgan fingerprint density at radius 3 is 2.31 bits per heavy atom. The van der Waals surface area contributed by atoms with Crippen molar-refractivity contribution in [1.29, 1.82) is 0 Å². The van der Waals surface area contributed by atoms with Crippen LogP contribution < -0.4 is 9.47 Å². The van der Waals surface area contributed by atoms with E-state index in [4.69, 9.17) is 9.47 Å². The summed E-state index contributed by atoms with van der Waals surface area (Å²) in [5, 5.41) is 0. The molecule has 2 aromatic carbocycles. The number of rotatable bonds is 4. The number of para-hydroxylation sites is 2. The molecule has 0 unspecified atom stereocenters. The first-order chi connectivity index (χ1) is 12.2. The number of sulfonamides is 1. The van der Waals surface area contributed by atoms with Crippen molar-refractivity contribution in [3.8, 4) is 11.5 Å². The van der Waals surface area contributed by atoms with Gasteiger partial charge in [0.25, 0.3) is 0 Å². The van der Waals surface area contributed by atoms with Crippen molar-refractivity contribution in [2.75, 3.05) is 20.2 Å². The van der Waals surface area contributed by atoms with E-state index in [9.17, 15) is 21.6 Å². The highest BCUT2D eigenvalue weighted by atomic mass is 32.2. The van der Waals surface area contributed by atoms with Crippen LogP contribution in [0.1, 0.15) is 5.56 Å². The summed E-state index contributed by atoms with van der Waals surface area (Å²) in [6.07, 6.45) is -5.05. The van der Waals surface area contributed by atoms with Crippen molar-refractivity contribution < 1.29 is 31.1 Å². The molecule has 2 aromatic rings. The van der Waals surface area contributed by atoms with Crippen molar-refractivity contribution in [2.24, 2.45) is 0 Å². The fourth-order valence-corrected chi connectivity index (χ4v) is 3.74. The average Bonchev–Trinajstić information content (AvgIpc) is 2.61. The summed E-state index contributed by atoms with van der Waals surface area (Å²) in [4.78, 5) is -0.217. The van der Waals surface area contributed by atoms with Gasteiger partial charge in [-0.15, -0.1) is 0 Å². The largest absolute Gasteiger partial charge is 0.486 e. The van der Waals surface area contributed by atoms with E-state index >= 15 is 0 Å². The normalized spacial score (nSPS) is 17.3. The lowest BCUT2D eigenvalue weighted by molar-refractivity contribution is -0.137. The fraction of sp³-hybridized carbons (Fsp3) is 0.294. The van der Waals surface area contributed by atoms with Crippen LogP contribution in [0.15, 0.2) is 53.4 Å². The molecule has 0 aliphatic carbocycles. The van der Waals surface area contributed by atoms with E-state index in [2.05, 4.69) is 0 Å². The van der Waals surface area contributed by atoms with Crippen molar-refractivity contribution in [2.45, 2.75) is 17.2 Å². The van der Waals surface area contributed by atoms with E-state index in [1.54, 1.807) is 24.3 Å². The highest BCUT2D eigenvalue weighted by molar-refractivity contribution is 7.89. The molecule has 0 saturated carbocycles. The second kappa shape index (κ2) is 6.81. The molecular formula is C17H16F3NO4S. The maximum absolute atomic E-state index is 12.6. The van der Waals surface area contributed by atoms with Crippen LogP contribution in [0.2, 0.25) is 0 Å². The van der Waals surface area contributed by atoms with Gasteiger partial charge < -0.3 is 9.47 Å². The van der Waals surface area contributed by atoms with Gasteiger partial charge in [0.05, 0.1) is 17.0 Å². The first-order valence-electron chi connectivity index (χ1n) is 7.70. The second-order valence-corrected chi connectivity index (χ2v) is 7.85. The summed E-state index contributed by atoms with van der Waals surface area (Å²) in [5.74, 6) is 1.10. The van der Waals surface area contributed by atoms with Gasteiger partial charge in [0, 0.05) is 7.05 Å². The molecule has 5 nitrogen and oxygen atoms in total. The zero-order valence-electron chi connectivity index (χ0n) is 13.7. The summed E-state index contributed by atoms with van der Waals surface area (Å²) in [6.45, 7) is 0.168. The van der Waals surface area contributed by atoms with Gasteiger partial charge in [-0.1, -0.05) is 12.1 Å². The van der Waals surface area contributed by atoms with Gasteiger partial charge >= 0.3 is 6.18 Å². The van der Waals surface area contributed by atoms with Gasteiger partial charge in [-0.2, -0.15) is 17.5 Å². The molecule has 0 amide bonds. The van der Waals surface area contributed by atoms with Crippen LogP contribution in [-0.4, -0.2) is 39.0 Å². The number of ether oxygens (including phenoxy) is 2. The molecule has 0 radical (unpaired) electrons. The lowest BCUT2D eigenvalue weighted by Gasteiger charge is -2.29. The van der Waals surface area contributed by atoms with Crippen molar-refractivity contribution in [3.63, 3.8) is 0 Å². The highest BCUT2D eigenvalue weighted by Crippen LogP contribution is 2.32. The average molecular weight is 387 g/mol. The molecule has 0 fully saturated rings. The van der Waals surface area contributed by atoms with Gasteiger partial charge in [0.2, 0.25) is 10.0 Å². The fourth-order valence-electron chi connectivity index (χ4n) is 2.53. The molecule has 1 heterocycles. The minimum absolute atomic E-state index is 0.00229. The van der Waals surface area contributed by atoms with E-state index in [-0.39, 0.29) is 18.0 Å². The Bertz CT molecular complexity index is 882. The third kappa shape index (κ3) is 3.78. The molecule has 0 aromatic heterocycles. The molecule has 9 heteroatoms. The number of alkyl halides is 3. The number of likely N-dealkylation sites (N-methyl/N-ethyl adjacent to an activating group) is 1. The molecule has 26 heavy (non-hydrogen) atoms. The molecule has 140 valence electrons. The molecule has 1 atom stereocenters. The summed E-state index contributed by atoms with van der Waals surface area (Å²) in [5.41, 5.74) is -0.903. The number of hydrogen-bond donors (Lipinski definition) is 0. The van der Waals surface area contributed by atoms with Gasteiger partial charge in [0.15, 0.2) is 11.5 Å². The molecule has 0 saturated heterocycles. The first kappa shape index (κ1) is 18.5. The second-order valence-electron chi connectivity index (χ2n) is 5.81. The van der Waals surface area contributed by atoms with Crippen LogP contribution >= 0.6 is 0 Å². The summed E-state index contributed by atoms with van der Waals surface area (Å²) >= 11 is 0. The minimum atomic E-state index is -4.52. The maximum Gasteiger partial charge on any atom is 0.416 e. The highest BCUT2D eigenvalue weighted by Gasteiger charge is 2.32. The first-order valence-corrected chi connectivity index (χ1v) is 9.14. The number of hydrogen-bond acceptors (Lipinski definition) is 4. The predicted octanol–water partition coefficient (Wildman–Crippen LogP) is 3.17. The van der Waals surface area contributed by atoms with Crippen LogP contribution in [0.25, 0.3) is 0 Å². The summed E-state index contributed by atoms with van der Waals surface area (Å²) in [6, 6.07) is 10.4. The number of halogens is 3. The standard InChI is InChI=1S/C17H16F3NO4S/c1-21(10-13-11-24-15-4-2-3-5-16(15)25-13)26(22,23)14-8-6-12(7-9-14)17(18,19)20/h2-9,13H,10-11H2,1H3/t13-/m1/s1. The minimum Gasteiger partial charge on any atom is -0.486 e. The molecule has 0 spiro atoms. The van der Waals surface area contributed by atoms with Crippen LogP contribution in [0.4, 0.5) is 13.2 Å². The van der Waals surface area contributed by atoms with E-state index in [0.29, 0.717) is 11.5 Å². The van der Waals surface area contributed by atoms with Crippen LogP contribution in [0, 0.1) is 0 Å². The smallest absolute Gasteiger partial charge is 0.416 e. The van der Waals surface area contributed by atoms with Gasteiger partial charge in [-0.05, 0) is 36.4 Å². The van der Waals surface area contributed by atoms with Crippen molar-refractivity contribution in [1.82, 2.24) is 4.31 Å². The molecule has 0 N–H and O–H groups in total. The Kier molecular flexibility index (Phi) is 4.85. The third-order valence-corrected chi connectivity index (χ3v) is 5.76.